The molecule has 0 spiro atoms. The van der Waals surface area contributed by atoms with E-state index in [0.717, 1.165) is 34.3 Å². The summed E-state index contributed by atoms with van der Waals surface area (Å²) in [4.78, 5) is 26.5. The number of rotatable bonds is 2. The molecule has 3 rings (SSSR count). The van der Waals surface area contributed by atoms with Crippen LogP contribution >= 0.6 is 0 Å². The monoisotopic (exact) mass is 341 g/mol. The molecule has 5 nitrogen and oxygen atoms in total. The van der Waals surface area contributed by atoms with E-state index in [1.807, 2.05) is 24.3 Å². The lowest BCUT2D eigenvalue weighted by molar-refractivity contribution is -0.125. The highest BCUT2D eigenvalue weighted by Gasteiger charge is 2.53. The first-order valence-electron chi connectivity index (χ1n) is 8.41. The van der Waals surface area contributed by atoms with Crippen LogP contribution in [0.15, 0.2) is 42.7 Å². The molecule has 1 heterocycles. The summed E-state index contributed by atoms with van der Waals surface area (Å²) in [7, 11) is 0. The molecular weight excluding hydrogens is 318 g/mol. The lowest BCUT2D eigenvalue weighted by Crippen LogP contribution is -2.39. The molecule has 0 radical (unpaired) electrons. The summed E-state index contributed by atoms with van der Waals surface area (Å²) < 4.78 is 5.43. The normalized spacial score (nSPS) is 23.6. The molecule has 1 aromatic rings. The van der Waals surface area contributed by atoms with Gasteiger partial charge in [0.1, 0.15) is 5.60 Å². The van der Waals surface area contributed by atoms with Crippen molar-refractivity contribution >= 4 is 12.0 Å². The van der Waals surface area contributed by atoms with Crippen molar-refractivity contribution in [1.29, 1.82) is 0 Å². The maximum atomic E-state index is 12.7. The van der Waals surface area contributed by atoms with Gasteiger partial charge in [0.05, 0.1) is 17.9 Å². The van der Waals surface area contributed by atoms with Crippen molar-refractivity contribution in [3.63, 3.8) is 0 Å². The van der Waals surface area contributed by atoms with Gasteiger partial charge in [-0.25, -0.2) is 9.69 Å². The molecule has 1 aromatic carbocycles. The molecule has 0 bridgehead atoms. The average molecular weight is 341 g/mol. The summed E-state index contributed by atoms with van der Waals surface area (Å²) in [6, 6.07) is 5.47. The smallest absolute Gasteiger partial charge is 0.417 e. The molecule has 1 fully saturated rings. The lowest BCUT2D eigenvalue weighted by atomic mass is 9.97. The maximum Gasteiger partial charge on any atom is 0.417 e. The maximum absolute atomic E-state index is 12.7. The Morgan fingerprint density at radius 2 is 2.16 bits per heavy atom. The Bertz CT molecular complexity index is 772. The number of aliphatic hydroxyl groups excluding tert-OH is 1. The molecule has 1 aliphatic heterocycles. The summed E-state index contributed by atoms with van der Waals surface area (Å²) in [6.45, 7) is 9.07. The number of likely N-dealkylation sites (tertiary alicyclic amines) is 1. The van der Waals surface area contributed by atoms with E-state index >= 15 is 0 Å². The average Bonchev–Trinajstić information content (AvgIpc) is 3.00. The number of nitrogens with zero attached hydrogens (tertiary/aromatic N) is 1. The van der Waals surface area contributed by atoms with Gasteiger partial charge in [-0.1, -0.05) is 24.3 Å². The SMILES string of the molecule is C=CCc1cccc2c1CC1/C(=C/O)C(=O)N(C(=O)OC(C)(C)C)C21. The fraction of sp³-hybridized carbons (Fsp3) is 0.400. The number of allylic oxidation sites excluding steroid dienone is 1. The lowest BCUT2D eigenvalue weighted by Gasteiger charge is -2.27. The zero-order chi connectivity index (χ0) is 18.4. The van der Waals surface area contributed by atoms with Crippen LogP contribution in [0, 0.1) is 5.92 Å². The Hall–Kier alpha value is -2.56. The van der Waals surface area contributed by atoms with Crippen molar-refractivity contribution in [2.24, 2.45) is 5.92 Å². The van der Waals surface area contributed by atoms with Crippen molar-refractivity contribution in [2.45, 2.75) is 45.3 Å². The van der Waals surface area contributed by atoms with Gasteiger partial charge >= 0.3 is 6.09 Å². The van der Waals surface area contributed by atoms with Gasteiger partial charge in [0.2, 0.25) is 0 Å². The first kappa shape index (κ1) is 17.3. The van der Waals surface area contributed by atoms with Gasteiger partial charge < -0.3 is 9.84 Å². The summed E-state index contributed by atoms with van der Waals surface area (Å²) >= 11 is 0. The number of ether oxygens (including phenoxy) is 1. The van der Waals surface area contributed by atoms with E-state index in [-0.39, 0.29) is 11.5 Å². The van der Waals surface area contributed by atoms with Crippen molar-refractivity contribution in [3.05, 3.63) is 59.4 Å². The van der Waals surface area contributed by atoms with Gasteiger partial charge in [0.25, 0.3) is 5.91 Å². The largest absolute Gasteiger partial charge is 0.515 e. The van der Waals surface area contributed by atoms with Crippen LogP contribution in [-0.4, -0.2) is 27.6 Å². The molecule has 2 amide bonds. The Morgan fingerprint density at radius 3 is 2.76 bits per heavy atom. The van der Waals surface area contributed by atoms with Gasteiger partial charge in [0, 0.05) is 5.92 Å². The minimum absolute atomic E-state index is 0.244. The van der Waals surface area contributed by atoms with Gasteiger partial charge in [0.15, 0.2) is 0 Å². The fourth-order valence-corrected chi connectivity index (χ4v) is 3.76. The van der Waals surface area contributed by atoms with Crippen molar-refractivity contribution < 1.29 is 19.4 Å². The van der Waals surface area contributed by atoms with Gasteiger partial charge in [-0.3, -0.25) is 4.79 Å². The molecule has 2 atom stereocenters. The van der Waals surface area contributed by atoms with Gasteiger partial charge in [-0.05, 0) is 50.3 Å². The topological polar surface area (TPSA) is 66.8 Å². The minimum Gasteiger partial charge on any atom is -0.515 e. The van der Waals surface area contributed by atoms with Crippen LogP contribution in [0.2, 0.25) is 0 Å². The summed E-state index contributed by atoms with van der Waals surface area (Å²) in [6.07, 6.45) is 3.33. The highest BCUT2D eigenvalue weighted by atomic mass is 16.6. The second kappa shape index (κ2) is 6.06. The van der Waals surface area contributed by atoms with Gasteiger partial charge in [-0.15, -0.1) is 6.58 Å². The number of carbonyl (C=O) groups is 2. The van der Waals surface area contributed by atoms with E-state index in [1.165, 1.54) is 0 Å². The first-order chi connectivity index (χ1) is 11.8. The second-order valence-electron chi connectivity index (χ2n) is 7.47. The predicted octanol–water partition coefficient (Wildman–Crippen LogP) is 3.85. The zero-order valence-electron chi connectivity index (χ0n) is 14.8. The Balaban J connectivity index is 2.06. The molecule has 25 heavy (non-hydrogen) atoms. The molecule has 132 valence electrons. The van der Waals surface area contributed by atoms with E-state index < -0.39 is 23.6 Å². The van der Waals surface area contributed by atoms with Crippen LogP contribution in [0.25, 0.3) is 0 Å². The van der Waals surface area contributed by atoms with E-state index in [9.17, 15) is 14.7 Å². The summed E-state index contributed by atoms with van der Waals surface area (Å²) in [5.74, 6) is -0.725. The van der Waals surface area contributed by atoms with Crippen LogP contribution in [0.1, 0.15) is 43.5 Å². The molecular formula is C20H23NO4. The number of fused-ring (bicyclic) bond motifs is 3. The number of amides is 2. The molecule has 5 heteroatoms. The van der Waals surface area contributed by atoms with Crippen LogP contribution in [0.4, 0.5) is 4.79 Å². The molecule has 1 aliphatic carbocycles. The van der Waals surface area contributed by atoms with E-state index in [1.54, 1.807) is 20.8 Å². The zero-order valence-corrected chi connectivity index (χ0v) is 14.8. The summed E-state index contributed by atoms with van der Waals surface area (Å²) in [5.41, 5.74) is 2.76. The van der Waals surface area contributed by atoms with E-state index in [2.05, 4.69) is 6.58 Å². The Kier molecular flexibility index (Phi) is 4.19. The molecule has 1 N–H and O–H groups in total. The van der Waals surface area contributed by atoms with E-state index in [4.69, 9.17) is 4.74 Å². The van der Waals surface area contributed by atoms with Crippen LogP contribution in [0.3, 0.4) is 0 Å². The van der Waals surface area contributed by atoms with Crippen LogP contribution in [-0.2, 0) is 22.4 Å². The van der Waals surface area contributed by atoms with Crippen molar-refractivity contribution in [1.82, 2.24) is 4.90 Å². The first-order valence-corrected chi connectivity index (χ1v) is 8.41. The van der Waals surface area contributed by atoms with Gasteiger partial charge in [-0.2, -0.15) is 0 Å². The van der Waals surface area contributed by atoms with E-state index in [0.29, 0.717) is 6.42 Å². The number of hydrogen-bond donors (Lipinski definition) is 1. The van der Waals surface area contributed by atoms with Crippen LogP contribution < -0.4 is 0 Å². The fourth-order valence-electron chi connectivity index (χ4n) is 3.76. The van der Waals surface area contributed by atoms with Crippen molar-refractivity contribution in [3.8, 4) is 0 Å². The standard InChI is InChI=1S/C20H23NO4/c1-5-7-12-8-6-9-13-14(12)10-15-16(11-22)18(23)21(17(13)15)19(24)25-20(2,3)4/h5-6,8-9,11,15,17,22H,1,7,10H2,2-4H3/b16-11-. The number of benzene rings is 1. The molecule has 0 saturated carbocycles. The van der Waals surface area contributed by atoms with Crippen LogP contribution in [0.5, 0.6) is 0 Å². The molecule has 2 aliphatic rings. The molecule has 0 aromatic heterocycles. The highest BCUT2D eigenvalue weighted by Crippen LogP contribution is 2.50. The molecule has 2 unspecified atom stereocenters. The highest BCUT2D eigenvalue weighted by molar-refractivity contribution is 6.06. The molecule has 1 saturated heterocycles. The Morgan fingerprint density at radius 1 is 1.44 bits per heavy atom. The third-order valence-electron chi connectivity index (χ3n) is 4.67. The number of hydrogen-bond acceptors (Lipinski definition) is 4. The Labute approximate surface area is 147 Å². The number of carbonyl (C=O) groups excluding carboxylic acids is 2. The summed E-state index contributed by atoms with van der Waals surface area (Å²) in [5, 5.41) is 9.59. The van der Waals surface area contributed by atoms with Crippen molar-refractivity contribution in [2.75, 3.05) is 0 Å². The second-order valence-corrected chi connectivity index (χ2v) is 7.47. The third kappa shape index (κ3) is 2.84. The third-order valence-corrected chi connectivity index (χ3v) is 4.67. The minimum atomic E-state index is -0.704. The number of imide groups is 1. The predicted molar refractivity (Wildman–Crippen MR) is 94.1 cm³/mol. The number of aliphatic hydroxyl groups is 1. The quantitative estimate of drug-likeness (QED) is 0.504.